The van der Waals surface area contributed by atoms with Crippen molar-refractivity contribution < 1.29 is 4.79 Å². The van der Waals surface area contributed by atoms with Crippen molar-refractivity contribution in [1.29, 1.82) is 0 Å². The molecule has 0 N–H and O–H groups in total. The van der Waals surface area contributed by atoms with E-state index in [-0.39, 0.29) is 5.92 Å². The van der Waals surface area contributed by atoms with Gasteiger partial charge < -0.3 is 0 Å². The maximum absolute atomic E-state index is 11.3. The average Bonchev–Trinajstić information content (AvgIpc) is 2.09. The van der Waals surface area contributed by atoms with Crippen molar-refractivity contribution in [3.63, 3.8) is 0 Å². The van der Waals surface area contributed by atoms with Crippen LogP contribution in [0, 0.1) is 5.92 Å². The molecule has 0 aromatic heterocycles. The van der Waals surface area contributed by atoms with Crippen molar-refractivity contribution in [3.05, 3.63) is 12.2 Å². The van der Waals surface area contributed by atoms with Gasteiger partial charge in [0.2, 0.25) is 0 Å². The summed E-state index contributed by atoms with van der Waals surface area (Å²) in [5.41, 5.74) is 0. The van der Waals surface area contributed by atoms with Crippen molar-refractivity contribution in [2.24, 2.45) is 5.92 Å². The molecular weight excluding hydrogens is 148 g/mol. The molecule has 1 atom stereocenters. The van der Waals surface area contributed by atoms with Crippen molar-refractivity contribution in [1.82, 2.24) is 0 Å². The van der Waals surface area contributed by atoms with E-state index >= 15 is 0 Å². The number of carbonyl (C=O) groups is 1. The third-order valence-electron chi connectivity index (χ3n) is 2.43. The summed E-state index contributed by atoms with van der Waals surface area (Å²) in [4.78, 5) is 11.3. The minimum absolute atomic E-state index is 0.255. The first-order valence-electron chi connectivity index (χ1n) is 5.04. The van der Waals surface area contributed by atoms with E-state index < -0.39 is 0 Å². The van der Waals surface area contributed by atoms with E-state index in [1.165, 1.54) is 12.8 Å². The Balaban J connectivity index is 2.33. The van der Waals surface area contributed by atoms with E-state index in [1.807, 2.05) is 0 Å². The second-order valence-corrected chi connectivity index (χ2v) is 3.54. The van der Waals surface area contributed by atoms with Gasteiger partial charge in [0, 0.05) is 12.3 Å². The van der Waals surface area contributed by atoms with Gasteiger partial charge in [-0.3, -0.25) is 4.79 Å². The van der Waals surface area contributed by atoms with Crippen LogP contribution in [-0.2, 0) is 4.79 Å². The van der Waals surface area contributed by atoms with Gasteiger partial charge in [0.25, 0.3) is 0 Å². The lowest BCUT2D eigenvalue weighted by molar-refractivity contribution is -0.122. The molecule has 0 radical (unpaired) electrons. The molecule has 0 spiro atoms. The molecule has 1 fully saturated rings. The minimum Gasteiger partial charge on any atom is -0.299 e. The zero-order chi connectivity index (χ0) is 8.81. The lowest BCUT2D eigenvalue weighted by atomic mass is 9.87. The second kappa shape index (κ2) is 5.13. The molecule has 0 aromatic carbocycles. The van der Waals surface area contributed by atoms with Crippen LogP contribution in [0.15, 0.2) is 12.2 Å². The smallest absolute Gasteiger partial charge is 0.139 e. The molecule has 1 nitrogen and oxygen atoms in total. The highest BCUT2D eigenvalue weighted by Gasteiger charge is 2.18. The summed E-state index contributed by atoms with van der Waals surface area (Å²) in [6.07, 6.45) is 10.8. The van der Waals surface area contributed by atoms with E-state index in [4.69, 9.17) is 0 Å². The van der Waals surface area contributed by atoms with Gasteiger partial charge in [-0.15, -0.1) is 0 Å². The molecule has 0 amide bonds. The van der Waals surface area contributed by atoms with Crippen LogP contribution < -0.4 is 0 Å². The molecule has 1 heteroatoms. The maximum Gasteiger partial charge on any atom is 0.139 e. The molecule has 0 heterocycles. The number of ketones is 1. The van der Waals surface area contributed by atoms with Crippen molar-refractivity contribution in [2.45, 2.75) is 45.4 Å². The summed E-state index contributed by atoms with van der Waals surface area (Å²) >= 11 is 0. The Bertz CT molecular complexity index is 170. The Kier molecular flexibility index (Phi) is 4.06. The summed E-state index contributed by atoms with van der Waals surface area (Å²) in [6.45, 7) is 2.16. The van der Waals surface area contributed by atoms with E-state index in [0.717, 1.165) is 25.7 Å². The lowest BCUT2D eigenvalue weighted by Crippen LogP contribution is -2.16. The molecule has 1 aliphatic rings. The standard InChI is InChI=1S/C11H18O/c1-2-3-4-7-10-8-5-6-9-11(10)12/h4,7,10H,2-3,5-6,8-9H2,1H3/b7-4+. The zero-order valence-corrected chi connectivity index (χ0v) is 7.88. The molecule has 12 heavy (non-hydrogen) atoms. The number of unbranched alkanes of at least 4 members (excludes halogenated alkanes) is 1. The first-order chi connectivity index (χ1) is 5.84. The third kappa shape index (κ3) is 2.80. The molecule has 0 aliphatic heterocycles. The average molecular weight is 166 g/mol. The van der Waals surface area contributed by atoms with Crippen LogP contribution in [0.3, 0.4) is 0 Å². The Morgan fingerprint density at radius 2 is 2.33 bits per heavy atom. The summed E-state index contributed by atoms with van der Waals surface area (Å²) in [7, 11) is 0. The minimum atomic E-state index is 0.255. The van der Waals surface area contributed by atoms with E-state index in [0.29, 0.717) is 5.78 Å². The van der Waals surface area contributed by atoms with Crippen molar-refractivity contribution in [2.75, 3.05) is 0 Å². The summed E-state index contributed by atoms with van der Waals surface area (Å²) in [6, 6.07) is 0. The zero-order valence-electron chi connectivity index (χ0n) is 7.88. The van der Waals surface area contributed by atoms with Crippen molar-refractivity contribution >= 4 is 5.78 Å². The number of rotatable bonds is 3. The Hall–Kier alpha value is -0.590. The molecule has 68 valence electrons. The molecule has 1 rings (SSSR count). The van der Waals surface area contributed by atoms with Gasteiger partial charge in [0.05, 0.1) is 0 Å². The molecule has 0 aromatic rings. The first-order valence-corrected chi connectivity index (χ1v) is 5.04. The van der Waals surface area contributed by atoms with Gasteiger partial charge >= 0.3 is 0 Å². The number of Topliss-reactive ketones (excluding diaryl/α,β-unsaturated/α-hetero) is 1. The number of hydrogen-bond acceptors (Lipinski definition) is 1. The number of carbonyl (C=O) groups excluding carboxylic acids is 1. The van der Waals surface area contributed by atoms with Gasteiger partial charge in [0.1, 0.15) is 5.78 Å². The monoisotopic (exact) mass is 166 g/mol. The fourth-order valence-corrected chi connectivity index (χ4v) is 1.64. The Labute approximate surface area is 74.9 Å². The summed E-state index contributed by atoms with van der Waals surface area (Å²) in [5.74, 6) is 0.707. The fraction of sp³-hybridized carbons (Fsp3) is 0.727. The lowest BCUT2D eigenvalue weighted by Gasteiger charge is -2.16. The topological polar surface area (TPSA) is 17.1 Å². The fourth-order valence-electron chi connectivity index (χ4n) is 1.64. The van der Waals surface area contributed by atoms with Crippen LogP contribution in [0.5, 0.6) is 0 Å². The Morgan fingerprint density at radius 1 is 1.50 bits per heavy atom. The van der Waals surface area contributed by atoms with Crippen LogP contribution in [0.1, 0.15) is 45.4 Å². The third-order valence-corrected chi connectivity index (χ3v) is 2.43. The largest absolute Gasteiger partial charge is 0.299 e. The number of hydrogen-bond donors (Lipinski definition) is 0. The van der Waals surface area contributed by atoms with Gasteiger partial charge in [-0.1, -0.05) is 31.9 Å². The SMILES string of the molecule is CCC/C=C/C1CCCCC1=O. The predicted octanol–water partition coefficient (Wildman–Crippen LogP) is 3.10. The maximum atomic E-state index is 11.3. The van der Waals surface area contributed by atoms with Gasteiger partial charge in [-0.05, 0) is 19.3 Å². The van der Waals surface area contributed by atoms with E-state index in [1.54, 1.807) is 0 Å². The second-order valence-electron chi connectivity index (χ2n) is 3.54. The van der Waals surface area contributed by atoms with E-state index in [9.17, 15) is 4.79 Å². The highest BCUT2D eigenvalue weighted by molar-refractivity contribution is 5.83. The highest BCUT2D eigenvalue weighted by atomic mass is 16.1. The van der Waals surface area contributed by atoms with Gasteiger partial charge in [-0.25, -0.2) is 0 Å². The van der Waals surface area contributed by atoms with Gasteiger partial charge in [-0.2, -0.15) is 0 Å². The predicted molar refractivity (Wildman–Crippen MR) is 51.0 cm³/mol. The Morgan fingerprint density at radius 3 is 3.00 bits per heavy atom. The normalized spacial score (nSPS) is 25.1. The van der Waals surface area contributed by atoms with Crippen molar-refractivity contribution in [3.8, 4) is 0 Å². The van der Waals surface area contributed by atoms with Crippen LogP contribution in [-0.4, -0.2) is 5.78 Å². The molecular formula is C11H18O. The van der Waals surface area contributed by atoms with Crippen LogP contribution in [0.4, 0.5) is 0 Å². The molecule has 1 aliphatic carbocycles. The summed E-state index contributed by atoms with van der Waals surface area (Å²) in [5, 5.41) is 0. The quantitative estimate of drug-likeness (QED) is 0.589. The van der Waals surface area contributed by atoms with Crippen LogP contribution >= 0.6 is 0 Å². The molecule has 1 unspecified atom stereocenters. The molecule has 0 saturated heterocycles. The summed E-state index contributed by atoms with van der Waals surface area (Å²) < 4.78 is 0. The molecule has 1 saturated carbocycles. The van der Waals surface area contributed by atoms with Crippen LogP contribution in [0.2, 0.25) is 0 Å². The number of allylic oxidation sites excluding steroid dienone is 2. The van der Waals surface area contributed by atoms with E-state index in [2.05, 4.69) is 19.1 Å². The molecule has 0 bridgehead atoms. The van der Waals surface area contributed by atoms with Gasteiger partial charge in [0.15, 0.2) is 0 Å². The highest BCUT2D eigenvalue weighted by Crippen LogP contribution is 2.21. The first kappa shape index (κ1) is 9.50. The van der Waals surface area contributed by atoms with Crippen LogP contribution in [0.25, 0.3) is 0 Å².